The van der Waals surface area contributed by atoms with Crippen molar-refractivity contribution < 1.29 is 13.2 Å². The van der Waals surface area contributed by atoms with E-state index < -0.39 is 9.84 Å². The molecule has 5 heteroatoms. The summed E-state index contributed by atoms with van der Waals surface area (Å²) < 4.78 is 28.7. The number of nitrogens with zero attached hydrogens (tertiary/aromatic N) is 1. The van der Waals surface area contributed by atoms with Gasteiger partial charge in [-0.3, -0.25) is 4.90 Å². The number of hydrogen-bond acceptors (Lipinski definition) is 4. The summed E-state index contributed by atoms with van der Waals surface area (Å²) in [4.78, 5) is 2.30. The predicted molar refractivity (Wildman–Crippen MR) is 74.6 cm³/mol. The predicted octanol–water partition coefficient (Wildman–Crippen LogP) is 1.70. The largest absolute Gasteiger partial charge is 0.377 e. The van der Waals surface area contributed by atoms with Crippen LogP contribution < -0.4 is 0 Å². The molecular weight excluding hydrogens is 250 g/mol. The summed E-state index contributed by atoms with van der Waals surface area (Å²) in [6.45, 7) is 8.73. The van der Waals surface area contributed by atoms with E-state index in [1.165, 1.54) is 0 Å². The van der Waals surface area contributed by atoms with Gasteiger partial charge in [0, 0.05) is 12.6 Å². The van der Waals surface area contributed by atoms with Crippen LogP contribution >= 0.6 is 0 Å². The fourth-order valence-electron chi connectivity index (χ4n) is 2.31. The summed E-state index contributed by atoms with van der Waals surface area (Å²) in [6.07, 6.45) is 3.29. The normalized spacial score (nSPS) is 23.1. The first-order chi connectivity index (χ1) is 8.44. The van der Waals surface area contributed by atoms with Gasteiger partial charge in [-0.25, -0.2) is 8.42 Å². The first kappa shape index (κ1) is 15.9. The lowest BCUT2D eigenvalue weighted by molar-refractivity contribution is 0.0508. The first-order valence-corrected chi connectivity index (χ1v) is 8.83. The second-order valence-electron chi connectivity index (χ2n) is 5.37. The molecule has 0 bridgehead atoms. The Morgan fingerprint density at radius 3 is 2.56 bits per heavy atom. The van der Waals surface area contributed by atoms with E-state index in [2.05, 4.69) is 11.8 Å². The fourth-order valence-corrected chi connectivity index (χ4v) is 4.07. The van der Waals surface area contributed by atoms with Crippen LogP contribution in [0.1, 0.15) is 40.0 Å². The van der Waals surface area contributed by atoms with Gasteiger partial charge in [-0.15, -0.1) is 0 Å². The molecule has 1 rings (SSSR count). The highest BCUT2D eigenvalue weighted by Gasteiger charge is 2.31. The maximum absolute atomic E-state index is 11.5. The monoisotopic (exact) mass is 277 g/mol. The molecule has 0 aromatic carbocycles. The minimum Gasteiger partial charge on any atom is -0.377 e. The van der Waals surface area contributed by atoms with Crippen molar-refractivity contribution in [3.05, 3.63) is 0 Å². The molecule has 4 nitrogen and oxygen atoms in total. The second kappa shape index (κ2) is 7.46. The number of hydrogen-bond donors (Lipinski definition) is 0. The van der Waals surface area contributed by atoms with Crippen LogP contribution in [0.5, 0.6) is 0 Å². The van der Waals surface area contributed by atoms with Gasteiger partial charge in [0.05, 0.1) is 24.2 Å². The van der Waals surface area contributed by atoms with Crippen molar-refractivity contribution >= 4 is 9.84 Å². The second-order valence-corrected chi connectivity index (χ2v) is 7.59. The molecule has 0 N–H and O–H groups in total. The van der Waals surface area contributed by atoms with Crippen LogP contribution in [-0.4, -0.2) is 56.7 Å². The highest BCUT2D eigenvalue weighted by atomic mass is 32.2. The number of rotatable bonds is 8. The van der Waals surface area contributed by atoms with E-state index >= 15 is 0 Å². The van der Waals surface area contributed by atoms with Crippen molar-refractivity contribution in [2.45, 2.75) is 52.2 Å². The van der Waals surface area contributed by atoms with Crippen molar-refractivity contribution in [1.29, 1.82) is 0 Å². The smallest absolute Gasteiger partial charge is 0.151 e. The van der Waals surface area contributed by atoms with E-state index in [0.29, 0.717) is 18.1 Å². The van der Waals surface area contributed by atoms with Gasteiger partial charge in [0.1, 0.15) is 0 Å². The Balaban J connectivity index is 2.45. The molecule has 108 valence electrons. The molecule has 1 fully saturated rings. The molecule has 0 spiro atoms. The lowest BCUT2D eigenvalue weighted by atomic mass is 10.2. The number of ether oxygens (including phenoxy) is 1. The molecule has 0 saturated carbocycles. The Morgan fingerprint density at radius 1 is 1.33 bits per heavy atom. The maximum atomic E-state index is 11.5. The lowest BCUT2D eigenvalue weighted by Gasteiger charge is -2.28. The average Bonchev–Trinajstić information content (AvgIpc) is 2.63. The van der Waals surface area contributed by atoms with Gasteiger partial charge in [0.15, 0.2) is 9.84 Å². The topological polar surface area (TPSA) is 46.6 Å². The average molecular weight is 277 g/mol. The standard InChI is InChI=1S/C13H27NO3S/c1-4-5-7-14(8-9-17-12(2)3)13-6-10-18(15,16)11-13/h12-13H,4-11H2,1-3H3. The van der Waals surface area contributed by atoms with Crippen molar-refractivity contribution in [2.75, 3.05) is 31.2 Å². The van der Waals surface area contributed by atoms with Crippen molar-refractivity contribution in [3.63, 3.8) is 0 Å². The molecule has 1 aliphatic heterocycles. The van der Waals surface area contributed by atoms with Crippen molar-refractivity contribution in [2.24, 2.45) is 0 Å². The first-order valence-electron chi connectivity index (χ1n) is 7.00. The van der Waals surface area contributed by atoms with E-state index in [1.54, 1.807) is 0 Å². The summed E-state index contributed by atoms with van der Waals surface area (Å²) >= 11 is 0. The Morgan fingerprint density at radius 2 is 2.06 bits per heavy atom. The van der Waals surface area contributed by atoms with E-state index in [-0.39, 0.29) is 12.1 Å². The van der Waals surface area contributed by atoms with Crippen LogP contribution in [-0.2, 0) is 14.6 Å². The highest BCUT2D eigenvalue weighted by molar-refractivity contribution is 7.91. The van der Waals surface area contributed by atoms with Crippen LogP contribution in [0.15, 0.2) is 0 Å². The Bertz CT molecular complexity index is 327. The lowest BCUT2D eigenvalue weighted by Crippen LogP contribution is -2.39. The molecule has 1 atom stereocenters. The van der Waals surface area contributed by atoms with Gasteiger partial charge >= 0.3 is 0 Å². The third-order valence-electron chi connectivity index (χ3n) is 3.35. The van der Waals surface area contributed by atoms with Crippen molar-refractivity contribution in [3.8, 4) is 0 Å². The molecule has 0 aliphatic carbocycles. The summed E-state index contributed by atoms with van der Waals surface area (Å²) in [6, 6.07) is 0.206. The summed E-state index contributed by atoms with van der Waals surface area (Å²) in [7, 11) is -2.79. The molecule has 0 amide bonds. The van der Waals surface area contributed by atoms with Crippen LogP contribution in [0.25, 0.3) is 0 Å². The van der Waals surface area contributed by atoms with E-state index in [1.807, 2.05) is 13.8 Å². The number of sulfone groups is 1. The zero-order chi connectivity index (χ0) is 13.6. The third-order valence-corrected chi connectivity index (χ3v) is 5.10. The SMILES string of the molecule is CCCCN(CCOC(C)C)C1CCS(=O)(=O)C1. The molecule has 18 heavy (non-hydrogen) atoms. The summed E-state index contributed by atoms with van der Waals surface area (Å²) in [5.74, 6) is 0.684. The Labute approximate surface area is 112 Å². The van der Waals surface area contributed by atoms with Crippen LogP contribution in [0.4, 0.5) is 0 Å². The summed E-state index contributed by atoms with van der Waals surface area (Å²) in [5.41, 5.74) is 0. The van der Waals surface area contributed by atoms with Crippen molar-refractivity contribution in [1.82, 2.24) is 4.90 Å². The van der Waals surface area contributed by atoms with Gasteiger partial charge in [0.25, 0.3) is 0 Å². The van der Waals surface area contributed by atoms with Gasteiger partial charge in [-0.2, -0.15) is 0 Å². The van der Waals surface area contributed by atoms with Crippen LogP contribution in [0.2, 0.25) is 0 Å². The van der Waals surface area contributed by atoms with Crippen LogP contribution in [0.3, 0.4) is 0 Å². The molecule has 0 radical (unpaired) electrons. The zero-order valence-electron chi connectivity index (χ0n) is 11.9. The molecular formula is C13H27NO3S. The molecule has 1 unspecified atom stereocenters. The Kier molecular flexibility index (Phi) is 6.60. The van der Waals surface area contributed by atoms with Gasteiger partial charge in [-0.05, 0) is 33.2 Å². The highest BCUT2D eigenvalue weighted by Crippen LogP contribution is 2.18. The number of unbranched alkanes of at least 4 members (excludes halogenated alkanes) is 1. The van der Waals surface area contributed by atoms with Crippen LogP contribution in [0, 0.1) is 0 Å². The molecule has 1 saturated heterocycles. The molecule has 0 aromatic rings. The molecule has 1 aliphatic rings. The van der Waals surface area contributed by atoms with E-state index in [0.717, 1.165) is 32.4 Å². The molecule has 0 aromatic heterocycles. The minimum atomic E-state index is -2.79. The van der Waals surface area contributed by atoms with Gasteiger partial charge in [-0.1, -0.05) is 13.3 Å². The minimum absolute atomic E-state index is 0.206. The maximum Gasteiger partial charge on any atom is 0.151 e. The Hall–Kier alpha value is -0.130. The van der Waals surface area contributed by atoms with E-state index in [9.17, 15) is 8.42 Å². The zero-order valence-corrected chi connectivity index (χ0v) is 12.7. The quantitative estimate of drug-likeness (QED) is 0.677. The van der Waals surface area contributed by atoms with E-state index in [4.69, 9.17) is 4.74 Å². The third kappa shape index (κ3) is 5.67. The van der Waals surface area contributed by atoms with Gasteiger partial charge < -0.3 is 4.74 Å². The molecule has 1 heterocycles. The summed E-state index contributed by atoms with van der Waals surface area (Å²) in [5, 5.41) is 0. The fraction of sp³-hybridized carbons (Fsp3) is 1.00. The van der Waals surface area contributed by atoms with Gasteiger partial charge in [0.2, 0.25) is 0 Å².